The molecular weight excluding hydrogens is 280 g/mol. The Labute approximate surface area is 127 Å². The van der Waals surface area contributed by atoms with E-state index < -0.39 is 0 Å². The monoisotopic (exact) mass is 296 g/mol. The summed E-state index contributed by atoms with van der Waals surface area (Å²) < 4.78 is 0. The van der Waals surface area contributed by atoms with E-state index in [-0.39, 0.29) is 0 Å². The second-order valence-corrected chi connectivity index (χ2v) is 5.70. The molecule has 0 aliphatic carbocycles. The fourth-order valence-electron chi connectivity index (χ4n) is 2.00. The van der Waals surface area contributed by atoms with E-state index in [1.165, 1.54) is 4.90 Å². The van der Waals surface area contributed by atoms with Gasteiger partial charge in [-0.05, 0) is 24.3 Å². The van der Waals surface area contributed by atoms with Gasteiger partial charge in [-0.25, -0.2) is 9.97 Å². The van der Waals surface area contributed by atoms with E-state index in [4.69, 9.17) is 5.73 Å². The van der Waals surface area contributed by atoms with E-state index >= 15 is 0 Å². The lowest BCUT2D eigenvalue weighted by molar-refractivity contribution is 1.17. The zero-order valence-electron chi connectivity index (χ0n) is 11.5. The number of thioether (sulfide) groups is 1. The van der Waals surface area contributed by atoms with Crippen molar-refractivity contribution in [3.05, 3.63) is 54.6 Å². The van der Waals surface area contributed by atoms with Crippen LogP contribution in [-0.4, -0.2) is 22.3 Å². The molecule has 2 aromatic carbocycles. The van der Waals surface area contributed by atoms with Gasteiger partial charge < -0.3 is 11.1 Å². The summed E-state index contributed by atoms with van der Waals surface area (Å²) in [7, 11) is 0. The fourth-order valence-corrected chi connectivity index (χ4v) is 2.79. The first kappa shape index (κ1) is 13.7. The number of aromatic nitrogens is 2. The van der Waals surface area contributed by atoms with Crippen molar-refractivity contribution in [1.29, 1.82) is 0 Å². The van der Waals surface area contributed by atoms with E-state index in [9.17, 15) is 0 Å². The zero-order chi connectivity index (χ0) is 14.5. The largest absolute Gasteiger partial charge is 0.381 e. The molecule has 0 unspecified atom stereocenters. The van der Waals surface area contributed by atoms with Crippen molar-refractivity contribution in [2.45, 2.75) is 4.90 Å². The van der Waals surface area contributed by atoms with E-state index in [1.807, 2.05) is 42.5 Å². The van der Waals surface area contributed by atoms with Crippen LogP contribution in [0.4, 0.5) is 11.6 Å². The molecule has 0 saturated carbocycles. The topological polar surface area (TPSA) is 63.8 Å². The molecule has 0 saturated heterocycles. The third-order valence-electron chi connectivity index (χ3n) is 3.00. The van der Waals surface area contributed by atoms with E-state index in [2.05, 4.69) is 27.4 Å². The number of benzene rings is 2. The molecule has 0 fully saturated rings. The quantitative estimate of drug-likeness (QED) is 0.558. The lowest BCUT2D eigenvalue weighted by atomic mass is 10.3. The maximum absolute atomic E-state index is 5.94. The van der Waals surface area contributed by atoms with Crippen molar-refractivity contribution in [3.63, 3.8) is 0 Å². The van der Waals surface area contributed by atoms with Gasteiger partial charge >= 0.3 is 0 Å². The molecule has 0 aliphatic heterocycles. The highest BCUT2D eigenvalue weighted by molar-refractivity contribution is 7.99. The Bertz CT molecular complexity index is 731. The van der Waals surface area contributed by atoms with Crippen LogP contribution in [-0.2, 0) is 0 Å². The maximum atomic E-state index is 5.94. The highest BCUT2D eigenvalue weighted by Gasteiger charge is 2.04. The van der Waals surface area contributed by atoms with Gasteiger partial charge in [0.25, 0.3) is 0 Å². The van der Waals surface area contributed by atoms with Crippen molar-refractivity contribution in [1.82, 2.24) is 9.97 Å². The van der Waals surface area contributed by atoms with E-state index in [0.29, 0.717) is 11.6 Å². The molecule has 21 heavy (non-hydrogen) atoms. The Morgan fingerprint density at radius 3 is 2.33 bits per heavy atom. The molecule has 0 bridgehead atoms. The Morgan fingerprint density at radius 1 is 0.905 bits per heavy atom. The third-order valence-corrected chi connectivity index (χ3v) is 4.02. The van der Waals surface area contributed by atoms with Crippen molar-refractivity contribution in [3.8, 4) is 0 Å². The van der Waals surface area contributed by atoms with Gasteiger partial charge in [0, 0.05) is 17.2 Å². The zero-order valence-corrected chi connectivity index (χ0v) is 12.3. The molecule has 0 radical (unpaired) electrons. The Kier molecular flexibility index (Phi) is 4.21. The standard InChI is InChI=1S/C16H16N4S/c17-15-16(20-14-9-5-4-8-13(14)19-15)18-10-11-21-12-6-2-1-3-7-12/h1-9H,10-11H2,(H2,17,19)(H,18,20). The molecule has 106 valence electrons. The van der Waals surface area contributed by atoms with Gasteiger partial charge in [-0.1, -0.05) is 30.3 Å². The molecular formula is C16H16N4S. The first-order valence-electron chi connectivity index (χ1n) is 6.77. The minimum absolute atomic E-state index is 0.443. The maximum Gasteiger partial charge on any atom is 0.169 e. The molecule has 3 aromatic rings. The second kappa shape index (κ2) is 6.45. The number of para-hydroxylation sites is 2. The molecule has 0 amide bonds. The van der Waals surface area contributed by atoms with Crippen LogP contribution < -0.4 is 11.1 Å². The summed E-state index contributed by atoms with van der Waals surface area (Å²) in [5, 5.41) is 3.26. The first-order chi connectivity index (χ1) is 10.3. The normalized spacial score (nSPS) is 10.7. The summed E-state index contributed by atoms with van der Waals surface area (Å²) in [6.45, 7) is 0.788. The summed E-state index contributed by atoms with van der Waals surface area (Å²) in [6.07, 6.45) is 0. The molecule has 3 rings (SSSR count). The van der Waals surface area contributed by atoms with Crippen LogP contribution in [0.25, 0.3) is 11.0 Å². The van der Waals surface area contributed by atoms with E-state index in [1.54, 1.807) is 11.8 Å². The molecule has 0 atom stereocenters. The van der Waals surface area contributed by atoms with Gasteiger partial charge in [0.1, 0.15) is 0 Å². The van der Waals surface area contributed by atoms with Gasteiger partial charge in [0.05, 0.1) is 11.0 Å². The number of nitrogen functional groups attached to an aromatic ring is 1. The minimum Gasteiger partial charge on any atom is -0.381 e. The second-order valence-electron chi connectivity index (χ2n) is 4.53. The van der Waals surface area contributed by atoms with Gasteiger partial charge in [0.2, 0.25) is 0 Å². The minimum atomic E-state index is 0.443. The lowest BCUT2D eigenvalue weighted by Crippen LogP contribution is -2.09. The summed E-state index contributed by atoms with van der Waals surface area (Å²) in [5.41, 5.74) is 7.61. The highest BCUT2D eigenvalue weighted by Crippen LogP contribution is 2.20. The van der Waals surface area contributed by atoms with Gasteiger partial charge in [-0.15, -0.1) is 11.8 Å². The van der Waals surface area contributed by atoms with Crippen molar-refractivity contribution < 1.29 is 0 Å². The summed E-state index contributed by atoms with van der Waals surface area (Å²) in [5.74, 6) is 2.04. The van der Waals surface area contributed by atoms with Gasteiger partial charge in [-0.3, -0.25) is 0 Å². The molecule has 0 spiro atoms. The predicted molar refractivity (Wildman–Crippen MR) is 89.6 cm³/mol. The van der Waals surface area contributed by atoms with Crippen LogP contribution in [0.5, 0.6) is 0 Å². The molecule has 1 aromatic heterocycles. The van der Waals surface area contributed by atoms with Crippen LogP contribution in [0.1, 0.15) is 0 Å². The highest BCUT2D eigenvalue weighted by atomic mass is 32.2. The summed E-state index contributed by atoms with van der Waals surface area (Å²) in [4.78, 5) is 10.1. The fraction of sp³-hybridized carbons (Fsp3) is 0.125. The predicted octanol–water partition coefficient (Wildman–Crippen LogP) is 3.42. The van der Waals surface area contributed by atoms with Crippen molar-refractivity contribution in [2.75, 3.05) is 23.3 Å². The summed E-state index contributed by atoms with van der Waals surface area (Å²) in [6, 6.07) is 18.0. The van der Waals surface area contributed by atoms with Crippen LogP contribution in [0.15, 0.2) is 59.5 Å². The van der Waals surface area contributed by atoms with Crippen LogP contribution >= 0.6 is 11.8 Å². The number of hydrogen-bond acceptors (Lipinski definition) is 5. The van der Waals surface area contributed by atoms with Crippen molar-refractivity contribution in [2.24, 2.45) is 0 Å². The number of nitrogens with two attached hydrogens (primary N) is 1. The average molecular weight is 296 g/mol. The Hall–Kier alpha value is -2.27. The molecule has 1 heterocycles. The third kappa shape index (κ3) is 3.44. The van der Waals surface area contributed by atoms with Crippen LogP contribution in [0.2, 0.25) is 0 Å². The SMILES string of the molecule is Nc1nc2ccccc2nc1NCCSc1ccccc1. The number of nitrogens with zero attached hydrogens (tertiary/aromatic N) is 2. The molecule has 5 heteroatoms. The van der Waals surface area contributed by atoms with Crippen LogP contribution in [0, 0.1) is 0 Å². The summed E-state index contributed by atoms with van der Waals surface area (Å²) >= 11 is 1.80. The molecule has 3 N–H and O–H groups in total. The number of anilines is 2. The average Bonchev–Trinajstić information content (AvgIpc) is 2.53. The molecule has 4 nitrogen and oxygen atoms in total. The smallest absolute Gasteiger partial charge is 0.169 e. The first-order valence-corrected chi connectivity index (χ1v) is 7.75. The van der Waals surface area contributed by atoms with Crippen molar-refractivity contribution >= 4 is 34.4 Å². The van der Waals surface area contributed by atoms with E-state index in [0.717, 1.165) is 23.3 Å². The van der Waals surface area contributed by atoms with Crippen LogP contribution in [0.3, 0.4) is 0 Å². The number of fused-ring (bicyclic) bond motifs is 1. The number of hydrogen-bond donors (Lipinski definition) is 2. The Balaban J connectivity index is 1.61. The van der Waals surface area contributed by atoms with Gasteiger partial charge in [0.15, 0.2) is 11.6 Å². The lowest BCUT2D eigenvalue weighted by Gasteiger charge is -2.08. The van der Waals surface area contributed by atoms with Gasteiger partial charge in [-0.2, -0.15) is 0 Å². The number of rotatable bonds is 5. The number of nitrogens with one attached hydrogen (secondary N) is 1. The molecule has 0 aliphatic rings. The Morgan fingerprint density at radius 2 is 1.57 bits per heavy atom.